The van der Waals surface area contributed by atoms with Crippen LogP contribution in [0.3, 0.4) is 0 Å². The average molecular weight is 278 g/mol. The van der Waals surface area contributed by atoms with E-state index in [4.69, 9.17) is 4.74 Å². The number of halogens is 1. The van der Waals surface area contributed by atoms with Crippen molar-refractivity contribution in [1.29, 1.82) is 0 Å². The highest BCUT2D eigenvalue weighted by molar-refractivity contribution is 5.98. The molecule has 0 saturated carbocycles. The van der Waals surface area contributed by atoms with Gasteiger partial charge in [0.25, 0.3) is 0 Å². The van der Waals surface area contributed by atoms with E-state index in [0.717, 1.165) is 5.56 Å². The molecular weight excluding hydrogens is 259 g/mol. The minimum absolute atomic E-state index is 0.0611. The number of cyclic esters (lactones) is 1. The van der Waals surface area contributed by atoms with Crippen LogP contribution in [0.2, 0.25) is 0 Å². The zero-order valence-corrected chi connectivity index (χ0v) is 11.8. The lowest BCUT2D eigenvalue weighted by molar-refractivity contribution is -0.177. The lowest BCUT2D eigenvalue weighted by atomic mass is 9.78. The Kier molecular flexibility index (Phi) is 4.21. The molecule has 1 heterocycles. The molecule has 1 saturated heterocycles. The zero-order valence-electron chi connectivity index (χ0n) is 11.8. The largest absolute Gasteiger partial charge is 0.458 e. The summed E-state index contributed by atoms with van der Waals surface area (Å²) in [6.07, 6.45) is 1.38. The van der Waals surface area contributed by atoms with Gasteiger partial charge < -0.3 is 4.74 Å². The van der Waals surface area contributed by atoms with E-state index >= 15 is 0 Å². The first-order valence-corrected chi connectivity index (χ1v) is 6.89. The summed E-state index contributed by atoms with van der Waals surface area (Å²) in [5.41, 5.74) is 0.251. The molecule has 2 rings (SSSR count). The average Bonchev–Trinajstić information content (AvgIpc) is 2.37. The van der Waals surface area contributed by atoms with Gasteiger partial charge in [-0.05, 0) is 36.5 Å². The Morgan fingerprint density at radius 1 is 1.25 bits per heavy atom. The van der Waals surface area contributed by atoms with Crippen molar-refractivity contribution < 1.29 is 18.7 Å². The summed E-state index contributed by atoms with van der Waals surface area (Å²) in [6, 6.07) is 6.26. The molecule has 1 aliphatic rings. The molecule has 1 fully saturated rings. The SMILES string of the molecule is CC(C)C1(CCc2ccc(F)cc2)CC(=O)CC(=O)O1. The Morgan fingerprint density at radius 2 is 1.90 bits per heavy atom. The number of hydrogen-bond acceptors (Lipinski definition) is 3. The fourth-order valence-electron chi connectivity index (χ4n) is 2.61. The highest BCUT2D eigenvalue weighted by Gasteiger charge is 2.43. The maximum atomic E-state index is 12.9. The van der Waals surface area contributed by atoms with Crippen LogP contribution >= 0.6 is 0 Å². The fourth-order valence-corrected chi connectivity index (χ4v) is 2.61. The van der Waals surface area contributed by atoms with Crippen molar-refractivity contribution in [1.82, 2.24) is 0 Å². The quantitative estimate of drug-likeness (QED) is 0.628. The smallest absolute Gasteiger partial charge is 0.313 e. The van der Waals surface area contributed by atoms with Crippen molar-refractivity contribution in [2.75, 3.05) is 0 Å². The third-order valence-corrected chi connectivity index (χ3v) is 3.96. The number of ether oxygens (including phenoxy) is 1. The Labute approximate surface area is 118 Å². The first-order valence-electron chi connectivity index (χ1n) is 6.89. The molecule has 0 N–H and O–H groups in total. The molecule has 20 heavy (non-hydrogen) atoms. The molecule has 1 aromatic rings. The highest BCUT2D eigenvalue weighted by Crippen LogP contribution is 2.35. The number of carbonyl (C=O) groups is 2. The molecule has 1 unspecified atom stereocenters. The fraction of sp³-hybridized carbons (Fsp3) is 0.500. The Balaban J connectivity index is 2.11. The summed E-state index contributed by atoms with van der Waals surface area (Å²) < 4.78 is 18.4. The predicted octanol–water partition coefficient (Wildman–Crippen LogP) is 3.06. The molecule has 0 bridgehead atoms. The minimum Gasteiger partial charge on any atom is -0.458 e. The van der Waals surface area contributed by atoms with Crippen LogP contribution in [0.15, 0.2) is 24.3 Å². The molecule has 0 aromatic heterocycles. The molecule has 0 radical (unpaired) electrons. The minimum atomic E-state index is -0.721. The van der Waals surface area contributed by atoms with E-state index in [0.29, 0.717) is 12.8 Å². The van der Waals surface area contributed by atoms with Crippen molar-refractivity contribution in [3.63, 3.8) is 0 Å². The molecule has 0 spiro atoms. The zero-order chi connectivity index (χ0) is 14.8. The van der Waals surface area contributed by atoms with E-state index in [1.807, 2.05) is 13.8 Å². The van der Waals surface area contributed by atoms with Gasteiger partial charge in [0, 0.05) is 6.42 Å². The van der Waals surface area contributed by atoms with E-state index in [9.17, 15) is 14.0 Å². The van der Waals surface area contributed by atoms with Crippen molar-refractivity contribution in [2.24, 2.45) is 5.92 Å². The number of ketones is 1. The van der Waals surface area contributed by atoms with Crippen molar-refractivity contribution in [3.05, 3.63) is 35.6 Å². The van der Waals surface area contributed by atoms with E-state index in [-0.39, 0.29) is 30.4 Å². The molecule has 1 aliphatic heterocycles. The Morgan fingerprint density at radius 3 is 2.45 bits per heavy atom. The van der Waals surface area contributed by atoms with Crippen molar-refractivity contribution >= 4 is 11.8 Å². The van der Waals surface area contributed by atoms with Gasteiger partial charge in [-0.3, -0.25) is 9.59 Å². The second kappa shape index (κ2) is 5.73. The maximum absolute atomic E-state index is 12.9. The summed E-state index contributed by atoms with van der Waals surface area (Å²) in [5, 5.41) is 0. The van der Waals surface area contributed by atoms with Gasteiger partial charge in [0.15, 0.2) is 0 Å². The van der Waals surface area contributed by atoms with E-state index in [1.54, 1.807) is 12.1 Å². The van der Waals surface area contributed by atoms with Gasteiger partial charge in [-0.25, -0.2) is 4.39 Å². The second-order valence-corrected chi connectivity index (χ2v) is 5.71. The van der Waals surface area contributed by atoms with Crippen molar-refractivity contribution in [3.8, 4) is 0 Å². The van der Waals surface area contributed by atoms with Gasteiger partial charge in [0.2, 0.25) is 0 Å². The number of Topliss-reactive ketones (excluding diaryl/α,β-unsaturated/α-hetero) is 1. The molecule has 0 aliphatic carbocycles. The Bertz CT molecular complexity index is 489. The van der Waals surface area contributed by atoms with Gasteiger partial charge >= 0.3 is 5.97 Å². The van der Waals surface area contributed by atoms with Gasteiger partial charge in [0.05, 0.1) is 0 Å². The van der Waals surface area contributed by atoms with Crippen molar-refractivity contribution in [2.45, 2.75) is 45.1 Å². The molecule has 3 nitrogen and oxygen atoms in total. The first kappa shape index (κ1) is 14.7. The van der Waals surface area contributed by atoms with Gasteiger partial charge in [-0.2, -0.15) is 0 Å². The number of benzene rings is 1. The van der Waals surface area contributed by atoms with Crippen LogP contribution in [0.1, 0.15) is 38.7 Å². The summed E-state index contributed by atoms with van der Waals surface area (Å²) in [4.78, 5) is 23.3. The number of carbonyl (C=O) groups excluding carboxylic acids is 2. The number of rotatable bonds is 4. The van der Waals surface area contributed by atoms with Crippen LogP contribution in [0.5, 0.6) is 0 Å². The second-order valence-electron chi connectivity index (χ2n) is 5.71. The maximum Gasteiger partial charge on any atom is 0.313 e. The van der Waals surface area contributed by atoms with Gasteiger partial charge in [-0.1, -0.05) is 26.0 Å². The monoisotopic (exact) mass is 278 g/mol. The van der Waals surface area contributed by atoms with Crippen LogP contribution < -0.4 is 0 Å². The summed E-state index contributed by atoms with van der Waals surface area (Å²) in [6.45, 7) is 3.91. The molecule has 1 atom stereocenters. The lowest BCUT2D eigenvalue weighted by Crippen LogP contribution is -2.47. The Hall–Kier alpha value is -1.71. The molecule has 1 aromatic carbocycles. The van der Waals surface area contributed by atoms with Gasteiger partial charge in [-0.15, -0.1) is 0 Å². The van der Waals surface area contributed by atoms with Crippen LogP contribution in [0.25, 0.3) is 0 Å². The third kappa shape index (κ3) is 3.24. The van der Waals surface area contributed by atoms with Crippen LogP contribution in [-0.4, -0.2) is 17.4 Å². The molecule has 108 valence electrons. The standard InChI is InChI=1S/C16H19FO3/c1-11(2)16(10-14(18)9-15(19)20-16)8-7-12-3-5-13(17)6-4-12/h3-6,11H,7-10H2,1-2H3. The molecule has 4 heteroatoms. The lowest BCUT2D eigenvalue weighted by Gasteiger charge is -2.39. The van der Waals surface area contributed by atoms with Crippen LogP contribution in [-0.2, 0) is 20.7 Å². The summed E-state index contributed by atoms with van der Waals surface area (Å²) in [5.74, 6) is -0.703. The van der Waals surface area contributed by atoms with Gasteiger partial charge in [0.1, 0.15) is 23.6 Å². The summed E-state index contributed by atoms with van der Waals surface area (Å²) >= 11 is 0. The first-order chi connectivity index (χ1) is 9.41. The number of esters is 1. The van der Waals surface area contributed by atoms with E-state index in [1.165, 1.54) is 12.1 Å². The molecule has 0 amide bonds. The summed E-state index contributed by atoms with van der Waals surface area (Å²) in [7, 11) is 0. The van der Waals surface area contributed by atoms with Crippen LogP contribution in [0, 0.1) is 11.7 Å². The topological polar surface area (TPSA) is 43.4 Å². The number of aryl methyl sites for hydroxylation is 1. The van der Waals surface area contributed by atoms with E-state index in [2.05, 4.69) is 0 Å². The predicted molar refractivity (Wildman–Crippen MR) is 72.6 cm³/mol. The van der Waals surface area contributed by atoms with Crippen LogP contribution in [0.4, 0.5) is 4.39 Å². The third-order valence-electron chi connectivity index (χ3n) is 3.96. The normalized spacial score (nSPS) is 23.0. The molecular formula is C16H19FO3. The van der Waals surface area contributed by atoms with E-state index < -0.39 is 11.6 Å². The highest BCUT2D eigenvalue weighted by atomic mass is 19.1. The number of hydrogen-bond donors (Lipinski definition) is 0.